The van der Waals surface area contributed by atoms with Crippen LogP contribution in [0.1, 0.15) is 95.5 Å². The number of aryl methyl sites for hydroxylation is 1. The van der Waals surface area contributed by atoms with Crippen LogP contribution in [0.15, 0.2) is 12.1 Å². The van der Waals surface area contributed by atoms with Crippen molar-refractivity contribution in [2.45, 2.75) is 104 Å². The fourth-order valence-corrected chi connectivity index (χ4v) is 4.10. The lowest BCUT2D eigenvalue weighted by Gasteiger charge is -2.37. The molecule has 0 spiro atoms. The maximum atomic E-state index is 13.5. The summed E-state index contributed by atoms with van der Waals surface area (Å²) in [5.74, 6) is 0.122. The zero-order valence-electron chi connectivity index (χ0n) is 18.8. The van der Waals surface area contributed by atoms with Gasteiger partial charge in [-0.2, -0.15) is 0 Å². The Morgan fingerprint density at radius 3 is 2.31 bits per heavy atom. The highest BCUT2D eigenvalue weighted by Gasteiger charge is 2.32. The SMILES string of the molecule is CCC(C)(CC)Oc1cc(C)c(C(=O)N(C(C)C)C2CCCCC2)cc1[N+](=O)[O-]. The monoisotopic (exact) mass is 404 g/mol. The van der Waals surface area contributed by atoms with E-state index in [1.807, 2.05) is 46.4 Å². The van der Waals surface area contributed by atoms with Gasteiger partial charge in [0.1, 0.15) is 5.60 Å². The van der Waals surface area contributed by atoms with Crippen LogP contribution in [0.25, 0.3) is 0 Å². The predicted octanol–water partition coefficient (Wildman–Crippen LogP) is 6.04. The Bertz CT molecular complexity index is 735. The summed E-state index contributed by atoms with van der Waals surface area (Å²) in [5, 5.41) is 11.8. The van der Waals surface area contributed by atoms with Crippen molar-refractivity contribution in [2.24, 2.45) is 0 Å². The molecule has 0 heterocycles. The molecule has 6 heteroatoms. The predicted molar refractivity (Wildman–Crippen MR) is 116 cm³/mol. The third-order valence-electron chi connectivity index (χ3n) is 6.34. The van der Waals surface area contributed by atoms with Crippen LogP contribution in [0, 0.1) is 17.0 Å². The second kappa shape index (κ2) is 9.59. The highest BCUT2D eigenvalue weighted by Crippen LogP contribution is 2.36. The maximum absolute atomic E-state index is 13.5. The van der Waals surface area contributed by atoms with Gasteiger partial charge in [0.2, 0.25) is 0 Å². The van der Waals surface area contributed by atoms with E-state index >= 15 is 0 Å². The van der Waals surface area contributed by atoms with Gasteiger partial charge in [0.25, 0.3) is 5.91 Å². The van der Waals surface area contributed by atoms with Crippen LogP contribution in [0.4, 0.5) is 5.69 Å². The Morgan fingerprint density at radius 1 is 1.24 bits per heavy atom. The first-order valence-corrected chi connectivity index (χ1v) is 10.9. The molecule has 0 N–H and O–H groups in total. The van der Waals surface area contributed by atoms with Gasteiger partial charge in [0.05, 0.1) is 4.92 Å². The van der Waals surface area contributed by atoms with Crippen molar-refractivity contribution in [2.75, 3.05) is 0 Å². The highest BCUT2D eigenvalue weighted by molar-refractivity contribution is 5.97. The van der Waals surface area contributed by atoms with Crippen molar-refractivity contribution < 1.29 is 14.5 Å². The van der Waals surface area contributed by atoms with Crippen LogP contribution < -0.4 is 4.74 Å². The van der Waals surface area contributed by atoms with E-state index in [0.29, 0.717) is 11.1 Å². The maximum Gasteiger partial charge on any atom is 0.311 e. The molecule has 1 aliphatic carbocycles. The average Bonchev–Trinajstić information content (AvgIpc) is 2.68. The van der Waals surface area contributed by atoms with E-state index in [2.05, 4.69) is 0 Å². The van der Waals surface area contributed by atoms with E-state index in [1.54, 1.807) is 6.07 Å². The summed E-state index contributed by atoms with van der Waals surface area (Å²) in [4.78, 5) is 26.7. The molecule has 0 atom stereocenters. The molecule has 0 aliphatic heterocycles. The number of nitrogens with zero attached hydrogens (tertiary/aromatic N) is 2. The normalized spacial score (nSPS) is 15.4. The fourth-order valence-electron chi connectivity index (χ4n) is 4.10. The summed E-state index contributed by atoms with van der Waals surface area (Å²) in [6, 6.07) is 3.32. The Labute approximate surface area is 174 Å². The van der Waals surface area contributed by atoms with Gasteiger partial charge >= 0.3 is 5.69 Å². The van der Waals surface area contributed by atoms with Crippen LogP contribution in [-0.4, -0.2) is 33.4 Å². The van der Waals surface area contributed by atoms with Gasteiger partial charge in [-0.15, -0.1) is 0 Å². The number of amides is 1. The van der Waals surface area contributed by atoms with Crippen LogP contribution in [-0.2, 0) is 0 Å². The summed E-state index contributed by atoms with van der Waals surface area (Å²) in [5.41, 5.74) is 0.499. The molecule has 1 amide bonds. The Kier molecular flexibility index (Phi) is 7.66. The molecular weight excluding hydrogens is 368 g/mol. The van der Waals surface area contributed by atoms with E-state index in [9.17, 15) is 14.9 Å². The summed E-state index contributed by atoms with van der Waals surface area (Å²) in [7, 11) is 0. The molecule has 1 aromatic carbocycles. The van der Waals surface area contributed by atoms with Gasteiger partial charge in [0, 0.05) is 23.7 Å². The van der Waals surface area contributed by atoms with Crippen molar-refractivity contribution in [3.8, 4) is 5.75 Å². The van der Waals surface area contributed by atoms with E-state index in [0.717, 1.165) is 38.5 Å². The number of hydrogen-bond donors (Lipinski definition) is 0. The smallest absolute Gasteiger partial charge is 0.311 e. The van der Waals surface area contributed by atoms with Crippen molar-refractivity contribution in [1.82, 2.24) is 4.90 Å². The third-order valence-corrected chi connectivity index (χ3v) is 6.34. The van der Waals surface area contributed by atoms with E-state index in [-0.39, 0.29) is 29.4 Å². The summed E-state index contributed by atoms with van der Waals surface area (Å²) < 4.78 is 6.07. The minimum Gasteiger partial charge on any atom is -0.481 e. The second-order valence-corrected chi connectivity index (χ2v) is 8.75. The van der Waals surface area contributed by atoms with Gasteiger partial charge in [-0.05, 0) is 65.0 Å². The number of nitro benzene ring substituents is 1. The minimum atomic E-state index is -0.477. The molecule has 6 nitrogen and oxygen atoms in total. The summed E-state index contributed by atoms with van der Waals surface area (Å²) in [6.07, 6.45) is 6.93. The quantitative estimate of drug-likeness (QED) is 0.391. The van der Waals surface area contributed by atoms with Gasteiger partial charge < -0.3 is 9.64 Å². The van der Waals surface area contributed by atoms with E-state index in [1.165, 1.54) is 12.5 Å². The van der Waals surface area contributed by atoms with Crippen molar-refractivity contribution in [3.05, 3.63) is 33.4 Å². The lowest BCUT2D eigenvalue weighted by Crippen LogP contribution is -2.46. The topological polar surface area (TPSA) is 72.7 Å². The highest BCUT2D eigenvalue weighted by atomic mass is 16.6. The average molecular weight is 405 g/mol. The van der Waals surface area contributed by atoms with Crippen molar-refractivity contribution >= 4 is 11.6 Å². The van der Waals surface area contributed by atoms with Gasteiger partial charge in [-0.3, -0.25) is 14.9 Å². The summed E-state index contributed by atoms with van der Waals surface area (Å²) >= 11 is 0. The first-order chi connectivity index (χ1) is 13.6. The number of nitro groups is 1. The van der Waals surface area contributed by atoms with Crippen LogP contribution in [0.2, 0.25) is 0 Å². The lowest BCUT2D eigenvalue weighted by molar-refractivity contribution is -0.386. The number of rotatable bonds is 8. The lowest BCUT2D eigenvalue weighted by atomic mass is 9.92. The van der Waals surface area contributed by atoms with Gasteiger partial charge in [-0.1, -0.05) is 33.1 Å². The number of benzene rings is 1. The largest absolute Gasteiger partial charge is 0.481 e. The number of ether oxygens (including phenoxy) is 1. The van der Waals surface area contributed by atoms with Crippen LogP contribution in [0.3, 0.4) is 0 Å². The zero-order chi connectivity index (χ0) is 21.8. The number of hydrogen-bond acceptors (Lipinski definition) is 4. The molecule has 0 saturated heterocycles. The van der Waals surface area contributed by atoms with Crippen LogP contribution >= 0.6 is 0 Å². The van der Waals surface area contributed by atoms with Gasteiger partial charge in [-0.25, -0.2) is 0 Å². The Hall–Kier alpha value is -2.11. The first kappa shape index (κ1) is 23.2. The van der Waals surface area contributed by atoms with Crippen molar-refractivity contribution in [1.29, 1.82) is 0 Å². The third kappa shape index (κ3) is 5.28. The van der Waals surface area contributed by atoms with Crippen LogP contribution in [0.5, 0.6) is 5.75 Å². The second-order valence-electron chi connectivity index (χ2n) is 8.75. The number of carbonyl (C=O) groups excluding carboxylic acids is 1. The van der Waals surface area contributed by atoms with E-state index in [4.69, 9.17) is 4.74 Å². The van der Waals surface area contributed by atoms with E-state index < -0.39 is 10.5 Å². The molecule has 1 aromatic rings. The Balaban J connectivity index is 2.45. The fraction of sp³-hybridized carbons (Fsp3) is 0.696. The molecule has 0 radical (unpaired) electrons. The molecule has 1 fully saturated rings. The molecule has 2 rings (SSSR count). The molecular formula is C23H36N2O4. The molecule has 1 saturated carbocycles. The zero-order valence-corrected chi connectivity index (χ0v) is 18.8. The molecule has 0 unspecified atom stereocenters. The first-order valence-electron chi connectivity index (χ1n) is 10.9. The molecule has 162 valence electrons. The molecule has 0 bridgehead atoms. The Morgan fingerprint density at radius 2 is 1.83 bits per heavy atom. The minimum absolute atomic E-state index is 0.0449. The van der Waals surface area contributed by atoms with Gasteiger partial charge in [0.15, 0.2) is 5.75 Å². The molecule has 0 aromatic heterocycles. The molecule has 29 heavy (non-hydrogen) atoms. The standard InChI is InChI=1S/C23H36N2O4/c1-7-23(6,8-2)29-21-14-17(5)19(15-20(21)25(27)28)22(26)24(16(3)4)18-12-10-9-11-13-18/h14-16,18H,7-13H2,1-6H3. The molecule has 1 aliphatic rings. The summed E-state index contributed by atoms with van der Waals surface area (Å²) in [6.45, 7) is 11.8. The van der Waals surface area contributed by atoms with Crippen molar-refractivity contribution in [3.63, 3.8) is 0 Å². The number of carbonyl (C=O) groups is 1.